The van der Waals surface area contributed by atoms with Crippen molar-refractivity contribution in [2.75, 3.05) is 0 Å². The van der Waals surface area contributed by atoms with Gasteiger partial charge in [-0.3, -0.25) is 0 Å². The Labute approximate surface area is 323 Å². The molecule has 0 atom stereocenters. The molecule has 0 radical (unpaired) electrons. The van der Waals surface area contributed by atoms with Crippen molar-refractivity contribution >= 4 is 43.6 Å². The Hall–Kier alpha value is -7.63. The van der Waals surface area contributed by atoms with Gasteiger partial charge in [-0.1, -0.05) is 140 Å². The lowest BCUT2D eigenvalue weighted by molar-refractivity contribution is 1.07. The lowest BCUT2D eigenvalue weighted by Gasteiger charge is -2.11. The zero-order valence-electron chi connectivity index (χ0n) is 30.3. The van der Waals surface area contributed by atoms with Crippen molar-refractivity contribution in [1.82, 2.24) is 24.1 Å². The number of fused-ring (bicyclic) bond motifs is 7. The zero-order chi connectivity index (χ0) is 37.0. The number of rotatable bonds is 6. The first-order chi connectivity index (χ1) is 27.8. The molecule has 0 spiro atoms. The standard InChI is InChI=1S/C51H33N5/c1-4-14-34(15-5-1)35-24-28-39(29-25-35)55-43-22-12-10-20-41(43)47-45(55)32-33-46-48(47)42-21-11-13-23-44(42)56(46)40-30-26-38(27-31-40)51-53-49(36-16-6-2-7-17-36)52-50(54-51)37-18-8-3-9-19-37/h1-33H. The van der Waals surface area contributed by atoms with Crippen LogP contribution in [0.15, 0.2) is 200 Å². The molecular weight excluding hydrogens is 683 g/mol. The average molecular weight is 716 g/mol. The van der Waals surface area contributed by atoms with Crippen molar-refractivity contribution in [1.29, 1.82) is 0 Å². The van der Waals surface area contributed by atoms with Gasteiger partial charge in [0.15, 0.2) is 17.5 Å². The van der Waals surface area contributed by atoms with E-state index in [1.165, 1.54) is 43.7 Å². The topological polar surface area (TPSA) is 48.5 Å². The van der Waals surface area contributed by atoms with E-state index in [1.54, 1.807) is 0 Å². The van der Waals surface area contributed by atoms with E-state index in [2.05, 4.69) is 149 Å². The minimum atomic E-state index is 0.637. The monoisotopic (exact) mass is 715 g/mol. The van der Waals surface area contributed by atoms with Gasteiger partial charge in [-0.25, -0.2) is 15.0 Å². The summed E-state index contributed by atoms with van der Waals surface area (Å²) in [6.45, 7) is 0. The molecule has 56 heavy (non-hydrogen) atoms. The predicted molar refractivity (Wildman–Crippen MR) is 230 cm³/mol. The number of aromatic nitrogens is 5. The molecule has 5 heteroatoms. The van der Waals surface area contributed by atoms with Gasteiger partial charge in [0.2, 0.25) is 0 Å². The highest BCUT2D eigenvalue weighted by Gasteiger charge is 2.21. The van der Waals surface area contributed by atoms with Crippen molar-refractivity contribution in [3.05, 3.63) is 200 Å². The Kier molecular flexibility index (Phi) is 7.42. The summed E-state index contributed by atoms with van der Waals surface area (Å²) in [6, 6.07) is 70.4. The Morgan fingerprint density at radius 3 is 1.00 bits per heavy atom. The Morgan fingerprint density at radius 1 is 0.250 bits per heavy atom. The van der Waals surface area contributed by atoms with Crippen LogP contribution in [0.25, 0.3) is 100 Å². The van der Waals surface area contributed by atoms with E-state index in [1.807, 2.05) is 60.7 Å². The summed E-state index contributed by atoms with van der Waals surface area (Å²) < 4.78 is 4.79. The van der Waals surface area contributed by atoms with Crippen LogP contribution in [0.4, 0.5) is 0 Å². The highest BCUT2D eigenvalue weighted by molar-refractivity contribution is 6.28. The van der Waals surface area contributed by atoms with Crippen molar-refractivity contribution in [2.24, 2.45) is 0 Å². The Morgan fingerprint density at radius 2 is 0.571 bits per heavy atom. The summed E-state index contributed by atoms with van der Waals surface area (Å²) in [5, 5.41) is 4.95. The van der Waals surface area contributed by atoms with Crippen LogP contribution in [0, 0.1) is 0 Å². The molecule has 0 saturated carbocycles. The molecule has 11 aromatic rings. The first-order valence-electron chi connectivity index (χ1n) is 18.9. The fourth-order valence-corrected chi connectivity index (χ4v) is 8.21. The van der Waals surface area contributed by atoms with E-state index >= 15 is 0 Å². The van der Waals surface area contributed by atoms with Gasteiger partial charge in [-0.2, -0.15) is 0 Å². The largest absolute Gasteiger partial charge is 0.309 e. The quantitative estimate of drug-likeness (QED) is 0.172. The Bertz CT molecular complexity index is 3140. The highest BCUT2D eigenvalue weighted by atomic mass is 15.0. The summed E-state index contributed by atoms with van der Waals surface area (Å²) in [4.78, 5) is 14.8. The highest BCUT2D eigenvalue weighted by Crippen LogP contribution is 2.42. The van der Waals surface area contributed by atoms with Gasteiger partial charge in [-0.15, -0.1) is 0 Å². The molecule has 0 aliphatic rings. The lowest BCUT2D eigenvalue weighted by atomic mass is 10.1. The van der Waals surface area contributed by atoms with Crippen molar-refractivity contribution in [2.45, 2.75) is 0 Å². The smallest absolute Gasteiger partial charge is 0.164 e. The van der Waals surface area contributed by atoms with Gasteiger partial charge in [0.25, 0.3) is 0 Å². The van der Waals surface area contributed by atoms with Crippen LogP contribution in [0.2, 0.25) is 0 Å². The first kappa shape index (κ1) is 31.9. The molecule has 0 unspecified atom stereocenters. The summed E-state index contributed by atoms with van der Waals surface area (Å²) in [5.74, 6) is 1.94. The van der Waals surface area contributed by atoms with Crippen LogP contribution in [0.5, 0.6) is 0 Å². The van der Waals surface area contributed by atoms with E-state index in [-0.39, 0.29) is 0 Å². The second kappa shape index (κ2) is 13.0. The molecule has 0 aliphatic heterocycles. The fourth-order valence-electron chi connectivity index (χ4n) is 8.21. The molecule has 0 fully saturated rings. The molecule has 0 N–H and O–H groups in total. The van der Waals surface area contributed by atoms with Crippen molar-refractivity contribution < 1.29 is 0 Å². The van der Waals surface area contributed by atoms with Crippen LogP contribution in [0.1, 0.15) is 0 Å². The van der Waals surface area contributed by atoms with Crippen LogP contribution < -0.4 is 0 Å². The van der Waals surface area contributed by atoms with E-state index in [0.717, 1.165) is 39.1 Å². The molecule has 0 bridgehead atoms. The number of hydrogen-bond acceptors (Lipinski definition) is 3. The number of benzene rings is 8. The maximum absolute atomic E-state index is 4.97. The third-order valence-electron chi connectivity index (χ3n) is 10.8. The van der Waals surface area contributed by atoms with Gasteiger partial charge in [0.05, 0.1) is 22.1 Å². The third-order valence-corrected chi connectivity index (χ3v) is 10.8. The van der Waals surface area contributed by atoms with Gasteiger partial charge in [-0.05, 0) is 71.8 Å². The van der Waals surface area contributed by atoms with E-state index in [4.69, 9.17) is 15.0 Å². The molecular formula is C51H33N5. The molecule has 8 aromatic carbocycles. The Balaban J connectivity index is 1.07. The maximum atomic E-state index is 4.97. The normalized spacial score (nSPS) is 11.6. The second-order valence-electron chi connectivity index (χ2n) is 14.1. The summed E-state index contributed by atoms with van der Waals surface area (Å²) in [6.07, 6.45) is 0. The third kappa shape index (κ3) is 5.21. The van der Waals surface area contributed by atoms with Gasteiger partial charge in [0.1, 0.15) is 0 Å². The van der Waals surface area contributed by atoms with Crippen LogP contribution in [0.3, 0.4) is 0 Å². The van der Waals surface area contributed by atoms with E-state index in [9.17, 15) is 0 Å². The molecule has 5 nitrogen and oxygen atoms in total. The molecule has 3 aromatic heterocycles. The number of hydrogen-bond donors (Lipinski definition) is 0. The van der Waals surface area contributed by atoms with Gasteiger partial charge < -0.3 is 9.13 Å². The average Bonchev–Trinajstić information content (AvgIpc) is 3.80. The van der Waals surface area contributed by atoms with Crippen LogP contribution in [-0.4, -0.2) is 24.1 Å². The first-order valence-corrected chi connectivity index (χ1v) is 18.9. The zero-order valence-corrected chi connectivity index (χ0v) is 30.3. The maximum Gasteiger partial charge on any atom is 0.164 e. The molecule has 3 heterocycles. The SMILES string of the molecule is c1ccc(-c2ccc(-n3c4ccccc4c4c5c6ccccc6n(-c6ccc(-c7nc(-c8ccccc8)nc(-c8ccccc8)n7)cc6)c5ccc43)cc2)cc1. The van der Waals surface area contributed by atoms with E-state index < -0.39 is 0 Å². The van der Waals surface area contributed by atoms with Gasteiger partial charge >= 0.3 is 0 Å². The molecule has 0 saturated heterocycles. The van der Waals surface area contributed by atoms with Crippen LogP contribution in [-0.2, 0) is 0 Å². The minimum Gasteiger partial charge on any atom is -0.309 e. The second-order valence-corrected chi connectivity index (χ2v) is 14.1. The lowest BCUT2D eigenvalue weighted by Crippen LogP contribution is -2.00. The van der Waals surface area contributed by atoms with Crippen molar-refractivity contribution in [3.8, 4) is 56.7 Å². The van der Waals surface area contributed by atoms with Crippen LogP contribution >= 0.6 is 0 Å². The fraction of sp³-hybridized carbons (Fsp3) is 0. The van der Waals surface area contributed by atoms with Crippen molar-refractivity contribution in [3.63, 3.8) is 0 Å². The van der Waals surface area contributed by atoms with E-state index in [0.29, 0.717) is 17.5 Å². The summed E-state index contributed by atoms with van der Waals surface area (Å²) in [7, 11) is 0. The molecule has 11 rings (SSSR count). The predicted octanol–water partition coefficient (Wildman–Crippen LogP) is 12.7. The summed E-state index contributed by atoms with van der Waals surface area (Å²) >= 11 is 0. The molecule has 262 valence electrons. The number of para-hydroxylation sites is 2. The molecule has 0 aliphatic carbocycles. The summed E-state index contributed by atoms with van der Waals surface area (Å²) in [5.41, 5.74) is 12.1. The van der Waals surface area contributed by atoms with Gasteiger partial charge in [0, 0.05) is 49.6 Å². The minimum absolute atomic E-state index is 0.637. The molecule has 0 amide bonds. The number of nitrogens with zero attached hydrogens (tertiary/aromatic N) is 5.